The summed E-state index contributed by atoms with van der Waals surface area (Å²) in [6.07, 6.45) is 3.99. The average molecular weight is 321 g/mol. The number of piperidine rings is 1. The minimum Gasteiger partial charge on any atom is -0.488 e. The molecule has 2 unspecified atom stereocenters. The lowest BCUT2D eigenvalue weighted by Gasteiger charge is -2.35. The highest BCUT2D eigenvalue weighted by atomic mass is 35.5. The summed E-state index contributed by atoms with van der Waals surface area (Å²) in [5.41, 5.74) is 7.54. The molecule has 2 heterocycles. The predicted molar refractivity (Wildman–Crippen MR) is 87.9 cm³/mol. The number of nitrogens with zero attached hydrogens (tertiary/aromatic N) is 1. The van der Waals surface area contributed by atoms with Crippen LogP contribution in [0.4, 0.5) is 0 Å². The Balaban J connectivity index is 1.78. The normalized spacial score (nSPS) is 22.4. The second-order valence-corrected chi connectivity index (χ2v) is 6.59. The van der Waals surface area contributed by atoms with Crippen molar-refractivity contribution in [3.8, 4) is 5.75 Å². The molecule has 2 N–H and O–H groups in total. The largest absolute Gasteiger partial charge is 0.488 e. The molecule has 22 heavy (non-hydrogen) atoms. The SMILES string of the molecule is CC(N)C1CCCN(C(=O)C2=Cc3cc(Cl)ccc3OC2)C1. The Morgan fingerprint density at radius 2 is 2.32 bits per heavy atom. The Morgan fingerprint density at radius 1 is 1.50 bits per heavy atom. The average Bonchev–Trinajstić information content (AvgIpc) is 2.53. The number of ether oxygens (including phenoxy) is 1. The van der Waals surface area contributed by atoms with Gasteiger partial charge in [-0.05, 0) is 50.0 Å². The number of hydrogen-bond donors (Lipinski definition) is 1. The quantitative estimate of drug-likeness (QED) is 0.911. The van der Waals surface area contributed by atoms with E-state index in [-0.39, 0.29) is 11.9 Å². The van der Waals surface area contributed by atoms with Crippen molar-refractivity contribution < 1.29 is 9.53 Å². The third-order valence-electron chi connectivity index (χ3n) is 4.45. The summed E-state index contributed by atoms with van der Waals surface area (Å²) in [5, 5.41) is 0.641. The number of carbonyl (C=O) groups is 1. The van der Waals surface area contributed by atoms with Gasteiger partial charge in [0.1, 0.15) is 12.4 Å². The van der Waals surface area contributed by atoms with Gasteiger partial charge in [-0.15, -0.1) is 0 Å². The molecule has 1 amide bonds. The van der Waals surface area contributed by atoms with E-state index in [9.17, 15) is 4.79 Å². The third kappa shape index (κ3) is 3.13. The number of amides is 1. The predicted octanol–water partition coefficient (Wildman–Crippen LogP) is 2.70. The summed E-state index contributed by atoms with van der Waals surface area (Å²) in [5.74, 6) is 1.20. The van der Waals surface area contributed by atoms with Gasteiger partial charge in [-0.25, -0.2) is 0 Å². The second-order valence-electron chi connectivity index (χ2n) is 6.15. The van der Waals surface area contributed by atoms with Crippen molar-refractivity contribution in [2.24, 2.45) is 11.7 Å². The van der Waals surface area contributed by atoms with Crippen LogP contribution in [-0.2, 0) is 4.79 Å². The third-order valence-corrected chi connectivity index (χ3v) is 4.68. The molecule has 0 aromatic heterocycles. The van der Waals surface area contributed by atoms with Gasteiger partial charge in [-0.3, -0.25) is 4.79 Å². The molecule has 118 valence electrons. The van der Waals surface area contributed by atoms with E-state index in [2.05, 4.69) is 0 Å². The Labute approximate surface area is 135 Å². The number of nitrogens with two attached hydrogens (primary N) is 1. The molecule has 0 bridgehead atoms. The molecule has 3 rings (SSSR count). The van der Waals surface area contributed by atoms with Crippen molar-refractivity contribution in [3.05, 3.63) is 34.4 Å². The summed E-state index contributed by atoms with van der Waals surface area (Å²) in [6.45, 7) is 3.85. The molecule has 0 radical (unpaired) electrons. The lowest BCUT2D eigenvalue weighted by atomic mass is 9.91. The van der Waals surface area contributed by atoms with Gasteiger partial charge in [0, 0.05) is 29.7 Å². The zero-order chi connectivity index (χ0) is 15.7. The van der Waals surface area contributed by atoms with Crippen LogP contribution in [0.3, 0.4) is 0 Å². The standard InChI is InChI=1S/C17H21ClN2O2/c1-11(19)12-3-2-6-20(9-12)17(21)14-7-13-8-15(18)4-5-16(13)22-10-14/h4-5,7-8,11-12H,2-3,6,9-10,19H2,1H3. The number of halogens is 1. The summed E-state index contributed by atoms with van der Waals surface area (Å²) in [6, 6.07) is 5.57. The zero-order valence-electron chi connectivity index (χ0n) is 12.7. The molecule has 1 fully saturated rings. The molecule has 0 spiro atoms. The van der Waals surface area contributed by atoms with Crippen molar-refractivity contribution in [3.63, 3.8) is 0 Å². The lowest BCUT2D eigenvalue weighted by Crippen LogP contribution is -2.46. The monoisotopic (exact) mass is 320 g/mol. The minimum absolute atomic E-state index is 0.0518. The van der Waals surface area contributed by atoms with Gasteiger partial charge in [0.2, 0.25) is 0 Å². The van der Waals surface area contributed by atoms with E-state index in [1.165, 1.54) is 0 Å². The van der Waals surface area contributed by atoms with E-state index in [4.69, 9.17) is 22.1 Å². The van der Waals surface area contributed by atoms with Crippen LogP contribution in [0.1, 0.15) is 25.3 Å². The van der Waals surface area contributed by atoms with Gasteiger partial charge in [0.15, 0.2) is 0 Å². The first-order chi connectivity index (χ1) is 10.5. The van der Waals surface area contributed by atoms with E-state index in [0.29, 0.717) is 23.1 Å². The maximum Gasteiger partial charge on any atom is 0.253 e. The van der Waals surface area contributed by atoms with Crippen molar-refractivity contribution in [2.45, 2.75) is 25.8 Å². The smallest absolute Gasteiger partial charge is 0.253 e. The molecule has 2 atom stereocenters. The van der Waals surface area contributed by atoms with E-state index < -0.39 is 0 Å². The summed E-state index contributed by atoms with van der Waals surface area (Å²) in [4.78, 5) is 14.6. The van der Waals surface area contributed by atoms with E-state index >= 15 is 0 Å². The molecular weight excluding hydrogens is 300 g/mol. The Kier molecular flexibility index (Phi) is 4.41. The first-order valence-electron chi connectivity index (χ1n) is 7.72. The minimum atomic E-state index is 0.0518. The molecule has 1 aromatic carbocycles. The fourth-order valence-corrected chi connectivity index (χ4v) is 3.28. The number of hydrogen-bond acceptors (Lipinski definition) is 3. The summed E-state index contributed by atoms with van der Waals surface area (Å²) < 4.78 is 5.68. The van der Waals surface area contributed by atoms with Crippen molar-refractivity contribution in [1.82, 2.24) is 4.90 Å². The molecule has 0 saturated carbocycles. The van der Waals surface area contributed by atoms with Crippen LogP contribution in [0.15, 0.2) is 23.8 Å². The maximum atomic E-state index is 12.7. The number of benzene rings is 1. The molecule has 1 aromatic rings. The fourth-order valence-electron chi connectivity index (χ4n) is 3.10. The van der Waals surface area contributed by atoms with Gasteiger partial charge in [-0.1, -0.05) is 11.6 Å². The highest BCUT2D eigenvalue weighted by Gasteiger charge is 2.28. The number of fused-ring (bicyclic) bond motifs is 1. The van der Waals surface area contributed by atoms with Crippen LogP contribution in [-0.4, -0.2) is 36.5 Å². The first-order valence-corrected chi connectivity index (χ1v) is 8.10. The first kappa shape index (κ1) is 15.4. The number of rotatable bonds is 2. The summed E-state index contributed by atoms with van der Waals surface area (Å²) >= 11 is 6.01. The van der Waals surface area contributed by atoms with E-state index in [0.717, 1.165) is 37.2 Å². The zero-order valence-corrected chi connectivity index (χ0v) is 13.5. The van der Waals surface area contributed by atoms with Crippen molar-refractivity contribution >= 4 is 23.6 Å². The fraction of sp³-hybridized carbons (Fsp3) is 0.471. The van der Waals surface area contributed by atoms with E-state index in [1.807, 2.05) is 30.0 Å². The molecule has 2 aliphatic heterocycles. The lowest BCUT2D eigenvalue weighted by molar-refractivity contribution is -0.129. The van der Waals surface area contributed by atoms with Gasteiger partial charge in [-0.2, -0.15) is 0 Å². The molecule has 4 nitrogen and oxygen atoms in total. The Hall–Kier alpha value is -1.52. The second kappa shape index (κ2) is 6.31. The van der Waals surface area contributed by atoms with Gasteiger partial charge in [0.05, 0.1) is 5.57 Å². The molecule has 2 aliphatic rings. The van der Waals surface area contributed by atoms with E-state index in [1.54, 1.807) is 6.07 Å². The van der Waals surface area contributed by atoms with Gasteiger partial charge < -0.3 is 15.4 Å². The highest BCUT2D eigenvalue weighted by molar-refractivity contribution is 6.30. The van der Waals surface area contributed by atoms with Crippen molar-refractivity contribution in [1.29, 1.82) is 0 Å². The molecule has 0 aliphatic carbocycles. The highest BCUT2D eigenvalue weighted by Crippen LogP contribution is 2.30. The van der Waals surface area contributed by atoms with Crippen molar-refractivity contribution in [2.75, 3.05) is 19.7 Å². The topological polar surface area (TPSA) is 55.6 Å². The number of carbonyl (C=O) groups excluding carboxylic acids is 1. The molecule has 5 heteroatoms. The molecular formula is C17H21ClN2O2. The van der Waals surface area contributed by atoms with Crippen LogP contribution < -0.4 is 10.5 Å². The van der Waals surface area contributed by atoms with Crippen LogP contribution in [0.25, 0.3) is 6.08 Å². The Morgan fingerprint density at radius 3 is 3.09 bits per heavy atom. The van der Waals surface area contributed by atoms with Gasteiger partial charge >= 0.3 is 0 Å². The van der Waals surface area contributed by atoms with Crippen LogP contribution in [0.5, 0.6) is 5.75 Å². The van der Waals surface area contributed by atoms with Crippen LogP contribution >= 0.6 is 11.6 Å². The van der Waals surface area contributed by atoms with Crippen LogP contribution in [0, 0.1) is 5.92 Å². The molecule has 1 saturated heterocycles. The Bertz CT molecular complexity index is 613. The summed E-state index contributed by atoms with van der Waals surface area (Å²) in [7, 11) is 0. The number of likely N-dealkylation sites (tertiary alicyclic amines) is 1. The van der Waals surface area contributed by atoms with Gasteiger partial charge in [0.25, 0.3) is 5.91 Å². The van der Waals surface area contributed by atoms with Crippen LogP contribution in [0.2, 0.25) is 5.02 Å². The maximum absolute atomic E-state index is 12.7.